The van der Waals surface area contributed by atoms with Crippen molar-refractivity contribution in [3.63, 3.8) is 0 Å². The van der Waals surface area contributed by atoms with E-state index in [0.29, 0.717) is 5.89 Å². The second-order valence-electron chi connectivity index (χ2n) is 6.26. The molecule has 3 rings (SSSR count). The van der Waals surface area contributed by atoms with Crippen molar-refractivity contribution in [3.8, 4) is 0 Å². The number of carbonyl (C=O) groups is 2. The molecule has 2 amide bonds. The van der Waals surface area contributed by atoms with Crippen LogP contribution in [0, 0.1) is 6.92 Å². The third-order valence-electron chi connectivity index (χ3n) is 4.28. The van der Waals surface area contributed by atoms with Crippen LogP contribution in [0.1, 0.15) is 36.6 Å². The van der Waals surface area contributed by atoms with E-state index in [1.807, 2.05) is 6.07 Å². The Kier molecular flexibility index (Phi) is 5.36. The fourth-order valence-corrected chi connectivity index (χ4v) is 2.93. The first kappa shape index (κ1) is 18.8. The number of amides is 2. The Morgan fingerprint density at radius 2 is 2.11 bits per heavy atom. The van der Waals surface area contributed by atoms with Gasteiger partial charge < -0.3 is 14.3 Å². The number of oxazole rings is 1. The van der Waals surface area contributed by atoms with Crippen LogP contribution in [-0.2, 0) is 9.53 Å². The highest BCUT2D eigenvalue weighted by Gasteiger charge is 2.43. The van der Waals surface area contributed by atoms with Gasteiger partial charge in [-0.2, -0.15) is 0 Å². The third-order valence-corrected chi connectivity index (χ3v) is 4.28. The number of rotatable bonds is 5. The molecule has 1 aromatic heterocycles. The van der Waals surface area contributed by atoms with E-state index in [1.54, 1.807) is 38.1 Å². The molecule has 1 N–H and O–H groups in total. The lowest BCUT2D eigenvalue weighted by atomic mass is 10.0. The largest absolute Gasteiger partial charge is 0.449 e. The van der Waals surface area contributed by atoms with Crippen molar-refractivity contribution >= 4 is 18.1 Å². The van der Waals surface area contributed by atoms with Gasteiger partial charge in [0.1, 0.15) is 30.0 Å². The first-order valence-corrected chi connectivity index (χ1v) is 8.41. The van der Waals surface area contributed by atoms with Crippen molar-refractivity contribution in [3.05, 3.63) is 59.6 Å². The number of aliphatic hydroxyl groups excluding tert-OH is 1. The first-order chi connectivity index (χ1) is 12.9. The van der Waals surface area contributed by atoms with Gasteiger partial charge in [-0.1, -0.05) is 30.3 Å². The van der Waals surface area contributed by atoms with Gasteiger partial charge in [0.15, 0.2) is 5.89 Å². The van der Waals surface area contributed by atoms with Crippen LogP contribution in [0.15, 0.2) is 46.8 Å². The molecule has 0 saturated carbocycles. The highest BCUT2D eigenvalue weighted by molar-refractivity contribution is 5.94. The van der Waals surface area contributed by atoms with Gasteiger partial charge in [0.25, 0.3) is 0 Å². The normalized spacial score (nSPS) is 21.3. The summed E-state index contributed by atoms with van der Waals surface area (Å²) in [5.41, 5.74) is 0.941. The first-order valence-electron chi connectivity index (χ1n) is 8.41. The molecular formula is C19H19FN2O5. The van der Waals surface area contributed by atoms with Crippen molar-refractivity contribution < 1.29 is 28.2 Å². The van der Waals surface area contributed by atoms with Crippen molar-refractivity contribution in [2.75, 3.05) is 0 Å². The summed E-state index contributed by atoms with van der Waals surface area (Å²) < 4.78 is 24.4. The predicted molar refractivity (Wildman–Crippen MR) is 92.9 cm³/mol. The minimum atomic E-state index is -1.70. The second kappa shape index (κ2) is 7.71. The summed E-state index contributed by atoms with van der Waals surface area (Å²) in [4.78, 5) is 29.4. The average molecular weight is 374 g/mol. The molecule has 3 atom stereocenters. The molecule has 1 aliphatic heterocycles. The van der Waals surface area contributed by atoms with E-state index in [-0.39, 0.29) is 5.69 Å². The topological polar surface area (TPSA) is 92.9 Å². The van der Waals surface area contributed by atoms with Crippen LogP contribution in [0.3, 0.4) is 0 Å². The molecule has 0 radical (unpaired) electrons. The number of aliphatic hydroxyl groups is 1. The molecule has 8 heteroatoms. The number of halogens is 1. The number of cyclic esters (lactones) is 1. The number of hydrogen-bond donors (Lipinski definition) is 1. The van der Waals surface area contributed by atoms with Crippen LogP contribution in [0.2, 0.25) is 0 Å². The monoisotopic (exact) mass is 374 g/mol. The molecule has 1 aromatic carbocycles. The molecule has 2 heterocycles. The molecule has 142 valence electrons. The van der Waals surface area contributed by atoms with E-state index in [2.05, 4.69) is 4.98 Å². The Balaban J connectivity index is 1.68. The van der Waals surface area contributed by atoms with Gasteiger partial charge in [0.05, 0.1) is 12.5 Å². The van der Waals surface area contributed by atoms with Gasteiger partial charge in [-0.15, -0.1) is 0 Å². The second-order valence-corrected chi connectivity index (χ2v) is 6.26. The summed E-state index contributed by atoms with van der Waals surface area (Å²) in [5.74, 6) is -1.32. The fraction of sp³-hybridized carbons (Fsp3) is 0.316. The zero-order chi connectivity index (χ0) is 19.6. The smallest absolute Gasteiger partial charge is 0.417 e. The number of benzene rings is 1. The van der Waals surface area contributed by atoms with E-state index in [9.17, 15) is 19.1 Å². The van der Waals surface area contributed by atoms with E-state index >= 15 is 0 Å². The zero-order valence-electron chi connectivity index (χ0n) is 14.8. The standard InChI is InChI=1S/C19H19FN2O5/c1-11-18(13-6-4-3-5-7-13)27-19(25)22(11)17(24)9-16(23)15(20)8-14-10-26-12(2)21-14/h3-8,10-11,16,18,23H,9H2,1-2H3/b15-8-/t11-,16-,18-/m0/s1. The molecule has 1 aliphatic rings. The SMILES string of the molecule is Cc1nc(/C=C(\F)[C@@H](O)CC(=O)N2C(=O)O[C@H](c3ccccc3)[C@@H]2C)co1. The van der Waals surface area contributed by atoms with Crippen LogP contribution in [0.25, 0.3) is 6.08 Å². The number of aryl methyl sites for hydroxylation is 1. The number of aromatic nitrogens is 1. The predicted octanol–water partition coefficient (Wildman–Crippen LogP) is 3.15. The molecule has 7 nitrogen and oxygen atoms in total. The Bertz CT molecular complexity index is 864. The molecule has 0 aliphatic carbocycles. The number of ether oxygens (including phenoxy) is 1. The Morgan fingerprint density at radius 1 is 1.41 bits per heavy atom. The summed E-state index contributed by atoms with van der Waals surface area (Å²) in [6.07, 6.45) is -1.52. The van der Waals surface area contributed by atoms with E-state index in [4.69, 9.17) is 9.15 Å². The molecule has 2 aromatic rings. The molecule has 27 heavy (non-hydrogen) atoms. The molecule has 1 saturated heterocycles. The highest BCUT2D eigenvalue weighted by Crippen LogP contribution is 2.33. The van der Waals surface area contributed by atoms with Gasteiger partial charge in [-0.3, -0.25) is 4.79 Å². The Hall–Kier alpha value is -3.00. The van der Waals surface area contributed by atoms with Crippen LogP contribution in [0.4, 0.5) is 9.18 Å². The van der Waals surface area contributed by atoms with Crippen LogP contribution >= 0.6 is 0 Å². The quantitative estimate of drug-likeness (QED) is 0.864. The maximum absolute atomic E-state index is 14.1. The van der Waals surface area contributed by atoms with E-state index < -0.39 is 42.5 Å². The summed E-state index contributed by atoms with van der Waals surface area (Å²) in [5, 5.41) is 9.97. The average Bonchev–Trinajstić information content (AvgIpc) is 3.17. The van der Waals surface area contributed by atoms with Crippen molar-refractivity contribution in [2.45, 2.75) is 38.5 Å². The van der Waals surface area contributed by atoms with Crippen LogP contribution in [-0.4, -0.2) is 39.1 Å². The van der Waals surface area contributed by atoms with Gasteiger partial charge in [-0.25, -0.2) is 19.1 Å². The number of nitrogens with zero attached hydrogens (tertiary/aromatic N) is 2. The Labute approximate surface area is 155 Å². The van der Waals surface area contributed by atoms with E-state index in [0.717, 1.165) is 16.5 Å². The van der Waals surface area contributed by atoms with Crippen molar-refractivity contribution in [1.29, 1.82) is 0 Å². The number of imide groups is 1. The fourth-order valence-electron chi connectivity index (χ4n) is 2.93. The summed E-state index contributed by atoms with van der Waals surface area (Å²) in [6, 6.07) is 8.44. The molecule has 0 spiro atoms. The number of hydrogen-bond acceptors (Lipinski definition) is 6. The minimum Gasteiger partial charge on any atom is -0.449 e. The Morgan fingerprint density at radius 3 is 2.74 bits per heavy atom. The molecule has 1 fully saturated rings. The lowest BCUT2D eigenvalue weighted by Gasteiger charge is -2.20. The summed E-state index contributed by atoms with van der Waals surface area (Å²) in [6.45, 7) is 3.26. The maximum atomic E-state index is 14.1. The van der Waals surface area contributed by atoms with Gasteiger partial charge >= 0.3 is 6.09 Å². The van der Waals surface area contributed by atoms with Crippen LogP contribution < -0.4 is 0 Å². The lowest BCUT2D eigenvalue weighted by Crippen LogP contribution is -2.39. The third kappa shape index (κ3) is 4.06. The van der Waals surface area contributed by atoms with Gasteiger partial charge in [0.2, 0.25) is 5.91 Å². The maximum Gasteiger partial charge on any atom is 0.417 e. The van der Waals surface area contributed by atoms with Gasteiger partial charge in [0, 0.05) is 13.0 Å². The van der Waals surface area contributed by atoms with Crippen LogP contribution in [0.5, 0.6) is 0 Å². The lowest BCUT2D eigenvalue weighted by molar-refractivity contribution is -0.130. The summed E-state index contributed by atoms with van der Waals surface area (Å²) >= 11 is 0. The zero-order valence-corrected chi connectivity index (χ0v) is 14.8. The van der Waals surface area contributed by atoms with Crippen molar-refractivity contribution in [2.24, 2.45) is 0 Å². The number of carbonyl (C=O) groups excluding carboxylic acids is 2. The summed E-state index contributed by atoms with van der Waals surface area (Å²) in [7, 11) is 0. The van der Waals surface area contributed by atoms with Gasteiger partial charge in [-0.05, 0) is 12.5 Å². The van der Waals surface area contributed by atoms with Crippen molar-refractivity contribution in [1.82, 2.24) is 9.88 Å². The van der Waals surface area contributed by atoms with E-state index in [1.165, 1.54) is 6.26 Å². The molecule has 0 unspecified atom stereocenters. The highest BCUT2D eigenvalue weighted by atomic mass is 19.1. The minimum absolute atomic E-state index is 0.189. The molecular weight excluding hydrogens is 355 g/mol. The molecule has 0 bridgehead atoms.